The van der Waals surface area contributed by atoms with Crippen LogP contribution in [-0.2, 0) is 0 Å². The maximum Gasteiger partial charge on any atom is 0.189 e. The first-order valence-corrected chi connectivity index (χ1v) is 4.55. The summed E-state index contributed by atoms with van der Waals surface area (Å²) in [7, 11) is 0. The molecule has 0 aliphatic heterocycles. The minimum Gasteiger partial charge on any atom is -0.619 e. The molecule has 0 fully saturated rings. The molecule has 0 N–H and O–H groups in total. The zero-order valence-corrected chi connectivity index (χ0v) is 7.92. The van der Waals surface area contributed by atoms with E-state index in [1.165, 1.54) is 12.4 Å². The Morgan fingerprint density at radius 3 is 2.92 bits per heavy atom. The summed E-state index contributed by atoms with van der Waals surface area (Å²) < 4.78 is 8.48. The Hall–Kier alpha value is -1.20. The molecule has 2 aromatic rings. The highest BCUT2D eigenvalue weighted by atomic mass is 35.5. The van der Waals surface area contributed by atoms with Gasteiger partial charge < -0.3 is 5.21 Å². The van der Waals surface area contributed by atoms with E-state index in [0.29, 0.717) is 21.1 Å². The average molecular weight is 214 g/mol. The van der Waals surface area contributed by atoms with Crippen LogP contribution in [0, 0.1) is 5.21 Å². The van der Waals surface area contributed by atoms with E-state index < -0.39 is 0 Å². The van der Waals surface area contributed by atoms with Crippen molar-refractivity contribution in [2.24, 2.45) is 0 Å². The fourth-order valence-electron chi connectivity index (χ4n) is 0.945. The molecule has 4 nitrogen and oxygen atoms in total. The molecule has 13 heavy (non-hydrogen) atoms. The first kappa shape index (κ1) is 8.40. The number of aromatic nitrogens is 3. The van der Waals surface area contributed by atoms with Gasteiger partial charge in [-0.15, -0.1) is 0 Å². The molecule has 0 spiro atoms. The smallest absolute Gasteiger partial charge is 0.189 e. The van der Waals surface area contributed by atoms with Crippen LogP contribution in [0.15, 0.2) is 24.5 Å². The predicted molar refractivity (Wildman–Crippen MR) is 49.3 cm³/mol. The average Bonchev–Trinajstić information content (AvgIpc) is 2.51. The highest BCUT2D eigenvalue weighted by molar-refractivity contribution is 6.99. The minimum atomic E-state index is 0.330. The number of hydrogen-bond donors (Lipinski definition) is 0. The first-order valence-electron chi connectivity index (χ1n) is 3.44. The Balaban J connectivity index is 2.53. The van der Waals surface area contributed by atoms with Crippen molar-refractivity contribution < 1.29 is 4.73 Å². The first-order chi connectivity index (χ1) is 6.27. The van der Waals surface area contributed by atoms with Crippen LogP contribution in [0.4, 0.5) is 0 Å². The molecule has 0 aromatic carbocycles. The van der Waals surface area contributed by atoms with Crippen molar-refractivity contribution in [3.05, 3.63) is 34.9 Å². The molecule has 2 heterocycles. The molecule has 0 atom stereocenters. The third kappa shape index (κ3) is 1.61. The summed E-state index contributed by atoms with van der Waals surface area (Å²) in [5.41, 5.74) is 1.23. The lowest BCUT2D eigenvalue weighted by molar-refractivity contribution is -0.604. The topological polar surface area (TPSA) is 52.7 Å². The van der Waals surface area contributed by atoms with E-state index in [1.807, 2.05) is 0 Å². The number of halogens is 1. The maximum atomic E-state index is 10.9. The molecule has 66 valence electrons. The third-order valence-corrected chi connectivity index (χ3v) is 2.39. The Kier molecular flexibility index (Phi) is 2.12. The van der Waals surface area contributed by atoms with E-state index in [1.54, 1.807) is 12.1 Å². The second kappa shape index (κ2) is 3.27. The van der Waals surface area contributed by atoms with Gasteiger partial charge in [-0.1, -0.05) is 11.6 Å². The minimum absolute atomic E-state index is 0.330. The molecule has 0 saturated heterocycles. The number of pyridine rings is 1. The van der Waals surface area contributed by atoms with Gasteiger partial charge in [0.15, 0.2) is 17.5 Å². The van der Waals surface area contributed by atoms with Crippen LogP contribution in [0.25, 0.3) is 11.3 Å². The van der Waals surface area contributed by atoms with E-state index in [2.05, 4.69) is 8.75 Å². The number of nitrogens with zero attached hydrogens (tertiary/aromatic N) is 3. The van der Waals surface area contributed by atoms with E-state index >= 15 is 0 Å². The van der Waals surface area contributed by atoms with Crippen molar-refractivity contribution in [1.29, 1.82) is 0 Å². The van der Waals surface area contributed by atoms with E-state index in [4.69, 9.17) is 11.6 Å². The molecule has 0 aliphatic carbocycles. The summed E-state index contributed by atoms with van der Waals surface area (Å²) in [5.74, 6) is 0. The lowest BCUT2D eigenvalue weighted by Gasteiger charge is -1.96. The van der Waals surface area contributed by atoms with Gasteiger partial charge in [-0.25, -0.2) is 0 Å². The van der Waals surface area contributed by atoms with Gasteiger partial charge in [-0.3, -0.25) is 0 Å². The van der Waals surface area contributed by atoms with Crippen molar-refractivity contribution >= 4 is 23.3 Å². The Bertz CT molecular complexity index is 431. The molecular formula is C7H4ClN3OS. The van der Waals surface area contributed by atoms with Gasteiger partial charge in [0.05, 0.1) is 17.3 Å². The molecule has 0 radical (unpaired) electrons. The molecule has 2 rings (SSSR count). The van der Waals surface area contributed by atoms with Crippen molar-refractivity contribution in [2.75, 3.05) is 0 Å². The van der Waals surface area contributed by atoms with Gasteiger partial charge in [0.25, 0.3) is 0 Å². The molecule has 0 saturated carbocycles. The SMILES string of the molecule is [O-][n+]1cccc(-c2nsnc2Cl)c1. The van der Waals surface area contributed by atoms with E-state index in [-0.39, 0.29) is 0 Å². The zero-order valence-electron chi connectivity index (χ0n) is 6.35. The summed E-state index contributed by atoms with van der Waals surface area (Å²) in [6, 6.07) is 3.40. The largest absolute Gasteiger partial charge is 0.619 e. The normalized spacial score (nSPS) is 10.2. The molecule has 6 heteroatoms. The van der Waals surface area contributed by atoms with Crippen LogP contribution in [0.5, 0.6) is 0 Å². The quantitative estimate of drug-likeness (QED) is 0.533. The van der Waals surface area contributed by atoms with Crippen molar-refractivity contribution in [2.45, 2.75) is 0 Å². The fourth-order valence-corrected chi connectivity index (χ4v) is 1.71. The Morgan fingerprint density at radius 2 is 2.31 bits per heavy atom. The summed E-state index contributed by atoms with van der Waals surface area (Å²) in [6.07, 6.45) is 2.81. The Morgan fingerprint density at radius 1 is 1.46 bits per heavy atom. The number of hydrogen-bond acceptors (Lipinski definition) is 4. The monoisotopic (exact) mass is 213 g/mol. The van der Waals surface area contributed by atoms with Crippen molar-refractivity contribution in [3.8, 4) is 11.3 Å². The number of rotatable bonds is 1. The third-order valence-electron chi connectivity index (χ3n) is 1.50. The summed E-state index contributed by atoms with van der Waals surface area (Å²) in [5, 5.41) is 11.3. The van der Waals surface area contributed by atoms with Crippen molar-refractivity contribution in [1.82, 2.24) is 8.75 Å². The summed E-state index contributed by atoms with van der Waals surface area (Å²) in [6.45, 7) is 0. The second-order valence-electron chi connectivity index (χ2n) is 2.36. The molecular weight excluding hydrogens is 210 g/mol. The van der Waals surface area contributed by atoms with Gasteiger partial charge in [0.2, 0.25) is 0 Å². The Labute approximate surface area is 83.3 Å². The fraction of sp³-hybridized carbons (Fsp3) is 0. The van der Waals surface area contributed by atoms with Crippen LogP contribution in [-0.4, -0.2) is 8.75 Å². The van der Waals surface area contributed by atoms with Crippen LogP contribution in [0.3, 0.4) is 0 Å². The molecule has 2 aromatic heterocycles. The summed E-state index contributed by atoms with van der Waals surface area (Å²) >= 11 is 6.78. The molecule has 0 aliphatic rings. The molecule has 0 amide bonds. The lowest BCUT2D eigenvalue weighted by Crippen LogP contribution is -2.23. The van der Waals surface area contributed by atoms with E-state index in [9.17, 15) is 5.21 Å². The maximum absolute atomic E-state index is 10.9. The highest BCUT2D eigenvalue weighted by Gasteiger charge is 2.09. The standard InChI is InChI=1S/C7H4ClN3OS/c8-7-6(9-13-10-7)5-2-1-3-11(12)4-5/h1-4H. The van der Waals surface area contributed by atoms with Gasteiger partial charge in [-0.05, 0) is 6.07 Å². The molecule has 0 unspecified atom stereocenters. The van der Waals surface area contributed by atoms with Crippen LogP contribution in [0.1, 0.15) is 0 Å². The van der Waals surface area contributed by atoms with Crippen LogP contribution in [0.2, 0.25) is 5.15 Å². The summed E-state index contributed by atoms with van der Waals surface area (Å²) in [4.78, 5) is 0. The van der Waals surface area contributed by atoms with Crippen LogP contribution >= 0.6 is 23.3 Å². The zero-order chi connectivity index (χ0) is 9.26. The van der Waals surface area contributed by atoms with Gasteiger partial charge in [-0.2, -0.15) is 13.5 Å². The highest BCUT2D eigenvalue weighted by Crippen LogP contribution is 2.23. The van der Waals surface area contributed by atoms with Gasteiger partial charge in [0, 0.05) is 6.07 Å². The van der Waals surface area contributed by atoms with Crippen LogP contribution < -0.4 is 4.73 Å². The molecule has 0 bridgehead atoms. The van der Waals surface area contributed by atoms with E-state index in [0.717, 1.165) is 11.7 Å². The van der Waals surface area contributed by atoms with Crippen molar-refractivity contribution in [3.63, 3.8) is 0 Å². The van der Waals surface area contributed by atoms with Gasteiger partial charge in [0.1, 0.15) is 5.69 Å². The lowest BCUT2D eigenvalue weighted by atomic mass is 10.2. The second-order valence-corrected chi connectivity index (χ2v) is 3.24. The predicted octanol–water partition coefficient (Wildman–Crippen LogP) is 1.49. The van der Waals surface area contributed by atoms with Gasteiger partial charge >= 0.3 is 0 Å².